The average molecular weight is 397 g/mol. The van der Waals surface area contributed by atoms with E-state index in [1.54, 1.807) is 6.20 Å². The summed E-state index contributed by atoms with van der Waals surface area (Å²) in [5.41, 5.74) is -0.476. The molecule has 8 nitrogen and oxygen atoms in total. The smallest absolute Gasteiger partial charge is 0.327 e. The predicted molar refractivity (Wildman–Crippen MR) is 102 cm³/mol. The van der Waals surface area contributed by atoms with Gasteiger partial charge in [-0.2, -0.15) is 4.98 Å². The lowest BCUT2D eigenvalue weighted by atomic mass is 10.2. The lowest BCUT2D eigenvalue weighted by Gasteiger charge is -2.29. The molecule has 1 N–H and O–H groups in total. The fourth-order valence-electron chi connectivity index (χ4n) is 2.55. The van der Waals surface area contributed by atoms with Crippen LogP contribution in [0.25, 0.3) is 0 Å². The molecule has 9 heteroatoms. The van der Waals surface area contributed by atoms with Crippen LogP contribution in [0.1, 0.15) is 59.4 Å². The van der Waals surface area contributed by atoms with Crippen molar-refractivity contribution < 1.29 is 24.2 Å². The Morgan fingerprint density at radius 1 is 1.19 bits per heavy atom. The maximum atomic E-state index is 12.1. The van der Waals surface area contributed by atoms with Crippen molar-refractivity contribution in [1.82, 2.24) is 14.9 Å². The number of aliphatic carboxylic acids is 1. The summed E-state index contributed by atoms with van der Waals surface area (Å²) >= 11 is 1.35. The van der Waals surface area contributed by atoms with E-state index in [0.717, 1.165) is 0 Å². The Morgan fingerprint density at radius 3 is 2.26 bits per heavy atom. The Hall–Kier alpha value is -2.03. The molecule has 2 rings (SSSR count). The number of hydrogen-bond acceptors (Lipinski definition) is 7. The summed E-state index contributed by atoms with van der Waals surface area (Å²) in [4.78, 5) is 33.7. The lowest BCUT2D eigenvalue weighted by Crippen LogP contribution is -2.42. The summed E-state index contributed by atoms with van der Waals surface area (Å²) in [5.74, 6) is -0.790. The van der Waals surface area contributed by atoms with E-state index in [-0.39, 0.29) is 23.6 Å². The van der Waals surface area contributed by atoms with E-state index in [2.05, 4.69) is 9.97 Å². The second-order valence-electron chi connectivity index (χ2n) is 8.31. The van der Waals surface area contributed by atoms with Gasteiger partial charge in [-0.1, -0.05) is 0 Å². The van der Waals surface area contributed by atoms with E-state index in [1.165, 1.54) is 23.6 Å². The van der Waals surface area contributed by atoms with Crippen molar-refractivity contribution in [3.63, 3.8) is 0 Å². The second kappa shape index (κ2) is 7.53. The highest BCUT2D eigenvalue weighted by molar-refractivity contribution is 7.99. The van der Waals surface area contributed by atoms with Crippen LogP contribution >= 0.6 is 11.8 Å². The zero-order valence-electron chi connectivity index (χ0n) is 16.8. The summed E-state index contributed by atoms with van der Waals surface area (Å²) in [5, 5.41) is 8.90. The van der Waals surface area contributed by atoms with Gasteiger partial charge in [0.05, 0.1) is 5.56 Å². The van der Waals surface area contributed by atoms with Crippen LogP contribution in [0, 0.1) is 0 Å². The van der Waals surface area contributed by atoms with Gasteiger partial charge in [0.1, 0.15) is 22.6 Å². The van der Waals surface area contributed by atoms with Gasteiger partial charge in [0.15, 0.2) is 0 Å². The molecule has 150 valence electrons. The molecule has 0 aliphatic carbocycles. The molecule has 0 aromatic carbocycles. The van der Waals surface area contributed by atoms with Gasteiger partial charge in [0, 0.05) is 18.9 Å². The maximum Gasteiger partial charge on any atom is 0.327 e. The Morgan fingerprint density at radius 2 is 1.78 bits per heavy atom. The predicted octanol–water partition coefficient (Wildman–Crippen LogP) is 2.88. The van der Waals surface area contributed by atoms with Gasteiger partial charge in [-0.15, -0.1) is 11.8 Å². The second-order valence-corrected chi connectivity index (χ2v) is 9.42. The summed E-state index contributed by atoms with van der Waals surface area (Å²) in [6.07, 6.45) is 1.55. The molecule has 2 atom stereocenters. The fourth-order valence-corrected chi connectivity index (χ4v) is 4.01. The van der Waals surface area contributed by atoms with Gasteiger partial charge in [0.25, 0.3) is 0 Å². The van der Waals surface area contributed by atoms with Gasteiger partial charge in [-0.25, -0.2) is 9.78 Å². The number of carbonyl (C=O) groups excluding carboxylic acids is 1. The van der Waals surface area contributed by atoms with Gasteiger partial charge >= 0.3 is 12.0 Å². The van der Waals surface area contributed by atoms with E-state index in [9.17, 15) is 14.7 Å². The van der Waals surface area contributed by atoms with Crippen molar-refractivity contribution >= 4 is 23.6 Å². The zero-order chi connectivity index (χ0) is 20.6. The molecular formula is C18H27N3O5S. The summed E-state index contributed by atoms with van der Waals surface area (Å²) in [6, 6.07) is -0.733. The first-order valence-corrected chi connectivity index (χ1v) is 9.71. The number of carboxylic acids is 1. The first-order chi connectivity index (χ1) is 12.3. The highest BCUT2D eigenvalue weighted by Gasteiger charge is 2.43. The first-order valence-electron chi connectivity index (χ1n) is 8.67. The van der Waals surface area contributed by atoms with Crippen LogP contribution in [-0.4, -0.2) is 54.8 Å². The third-order valence-electron chi connectivity index (χ3n) is 3.47. The number of hydrogen-bond donors (Lipinski definition) is 1. The summed E-state index contributed by atoms with van der Waals surface area (Å²) < 4.78 is 11.7. The Balaban J connectivity index is 2.48. The standard InChI is InChI=1S/C18H27N3O5S/c1-10(22)21-12(15(23)24)9-27-14(21)11-8-19-16(26-18(5,6)7)20-13(11)25-17(2,3)4/h8,12,14H,9H2,1-7H3,(H,23,24)/t12-,14+/m1/s1. The van der Waals surface area contributed by atoms with Crippen LogP contribution < -0.4 is 9.47 Å². The van der Waals surface area contributed by atoms with Crippen LogP contribution in [0.5, 0.6) is 11.9 Å². The molecule has 1 aliphatic heterocycles. The molecule has 1 aromatic rings. The molecule has 0 radical (unpaired) electrons. The van der Waals surface area contributed by atoms with E-state index >= 15 is 0 Å². The Bertz CT molecular complexity index is 727. The highest BCUT2D eigenvalue weighted by Crippen LogP contribution is 2.44. The average Bonchev–Trinajstić information content (AvgIpc) is 2.89. The normalized spacial score (nSPS) is 20.5. The minimum atomic E-state index is -1.04. The molecule has 1 aromatic heterocycles. The van der Waals surface area contributed by atoms with Crippen LogP contribution in [0.2, 0.25) is 0 Å². The molecular weight excluding hydrogens is 370 g/mol. The molecule has 2 heterocycles. The fraction of sp³-hybridized carbons (Fsp3) is 0.667. The highest BCUT2D eigenvalue weighted by atomic mass is 32.2. The zero-order valence-corrected chi connectivity index (χ0v) is 17.6. The molecule has 0 saturated carbocycles. The van der Waals surface area contributed by atoms with Crippen LogP contribution in [0.4, 0.5) is 0 Å². The third kappa shape index (κ3) is 5.47. The number of ether oxygens (including phenoxy) is 2. The molecule has 27 heavy (non-hydrogen) atoms. The number of rotatable bonds is 4. The van der Waals surface area contributed by atoms with E-state index < -0.39 is 28.6 Å². The van der Waals surface area contributed by atoms with Crippen molar-refractivity contribution in [1.29, 1.82) is 0 Å². The van der Waals surface area contributed by atoms with Gasteiger partial charge < -0.3 is 19.5 Å². The van der Waals surface area contributed by atoms with E-state index in [1.807, 2.05) is 41.5 Å². The minimum absolute atomic E-state index is 0.164. The molecule has 0 spiro atoms. The molecule has 0 unspecified atom stereocenters. The van der Waals surface area contributed by atoms with Crippen molar-refractivity contribution in [2.24, 2.45) is 0 Å². The molecule has 1 fully saturated rings. The monoisotopic (exact) mass is 397 g/mol. The van der Waals surface area contributed by atoms with Gasteiger partial charge in [0.2, 0.25) is 11.8 Å². The summed E-state index contributed by atoms with van der Waals surface area (Å²) in [6.45, 7) is 12.7. The quantitative estimate of drug-likeness (QED) is 0.827. The van der Waals surface area contributed by atoms with Crippen molar-refractivity contribution in [3.8, 4) is 11.9 Å². The number of aromatic nitrogens is 2. The number of nitrogens with zero attached hydrogens (tertiary/aromatic N) is 3. The Labute approximate surface area is 163 Å². The lowest BCUT2D eigenvalue weighted by molar-refractivity contribution is -0.148. The maximum absolute atomic E-state index is 12.1. The molecule has 0 bridgehead atoms. The first kappa shape index (κ1) is 21.3. The number of carboxylic acid groups (broad SMARTS) is 1. The van der Waals surface area contributed by atoms with Crippen LogP contribution in [0.3, 0.4) is 0 Å². The third-order valence-corrected chi connectivity index (χ3v) is 4.78. The van der Waals surface area contributed by atoms with Gasteiger partial charge in [-0.3, -0.25) is 4.79 Å². The van der Waals surface area contributed by atoms with Crippen LogP contribution in [-0.2, 0) is 9.59 Å². The summed E-state index contributed by atoms with van der Waals surface area (Å²) in [7, 11) is 0. The van der Waals surface area contributed by atoms with Crippen molar-refractivity contribution in [2.75, 3.05) is 5.75 Å². The van der Waals surface area contributed by atoms with Crippen LogP contribution in [0.15, 0.2) is 6.20 Å². The Kier molecular flexibility index (Phi) is 5.94. The molecule has 1 aliphatic rings. The van der Waals surface area contributed by atoms with E-state index in [0.29, 0.717) is 5.56 Å². The number of amides is 1. The van der Waals surface area contributed by atoms with Gasteiger partial charge in [-0.05, 0) is 41.5 Å². The van der Waals surface area contributed by atoms with Crippen molar-refractivity contribution in [2.45, 2.75) is 71.1 Å². The largest absolute Gasteiger partial charge is 0.480 e. The van der Waals surface area contributed by atoms with E-state index in [4.69, 9.17) is 9.47 Å². The SMILES string of the molecule is CC(=O)N1[C@@H](C(=O)O)CS[C@H]1c1cnc(OC(C)(C)C)nc1OC(C)(C)C. The molecule has 1 amide bonds. The number of thioether (sulfide) groups is 1. The minimum Gasteiger partial charge on any atom is -0.480 e. The topological polar surface area (TPSA) is 102 Å². The van der Waals surface area contributed by atoms with Crippen molar-refractivity contribution in [3.05, 3.63) is 11.8 Å². The molecule has 1 saturated heterocycles. The number of carbonyl (C=O) groups is 2.